The van der Waals surface area contributed by atoms with E-state index < -0.39 is 0 Å². The van der Waals surface area contributed by atoms with Crippen molar-refractivity contribution in [1.29, 1.82) is 0 Å². The van der Waals surface area contributed by atoms with E-state index in [0.29, 0.717) is 28.9 Å². The van der Waals surface area contributed by atoms with Crippen molar-refractivity contribution in [3.8, 4) is 5.75 Å². The second kappa shape index (κ2) is 6.43. The summed E-state index contributed by atoms with van der Waals surface area (Å²) >= 11 is 0. The quantitative estimate of drug-likeness (QED) is 0.851. The molecule has 0 radical (unpaired) electrons. The lowest BCUT2D eigenvalue weighted by molar-refractivity contribution is -0.132. The second-order valence-electron chi connectivity index (χ2n) is 7.47. The molecule has 3 heterocycles. The number of hydrogen-bond acceptors (Lipinski definition) is 5. The number of carbonyl (C=O) groups excluding carboxylic acids is 1. The Morgan fingerprint density at radius 1 is 1.27 bits per heavy atom. The van der Waals surface area contributed by atoms with Crippen molar-refractivity contribution in [2.45, 2.75) is 33.2 Å². The fraction of sp³-hybridized carbons (Fsp3) is 0.500. The molecule has 1 amide bonds. The number of carbonyl (C=O) groups is 1. The van der Waals surface area contributed by atoms with Gasteiger partial charge in [-0.05, 0) is 62.9 Å². The Labute approximate surface area is 152 Å². The molecule has 1 N–H and O–H groups in total. The lowest BCUT2D eigenvalue weighted by Gasteiger charge is -2.18. The largest absolute Gasteiger partial charge is 0.483 e. The first-order valence-corrected chi connectivity index (χ1v) is 9.12. The van der Waals surface area contributed by atoms with Crippen LogP contribution in [-0.4, -0.2) is 43.1 Å². The van der Waals surface area contributed by atoms with Gasteiger partial charge in [-0.15, -0.1) is 0 Å². The Kier molecular flexibility index (Phi) is 4.23. The summed E-state index contributed by atoms with van der Waals surface area (Å²) in [6, 6.07) is 4.14. The van der Waals surface area contributed by atoms with Crippen LogP contribution in [0.25, 0.3) is 11.0 Å². The SMILES string of the molecule is Cc1cc(OCC(=O)N2C[C@@H]3CCN[C@@H]3C2)c2c(C)c(C)c(=O)oc2c1. The summed E-state index contributed by atoms with van der Waals surface area (Å²) < 4.78 is 11.3. The normalized spacial score (nSPS) is 22.0. The number of hydrogen-bond donors (Lipinski definition) is 1. The summed E-state index contributed by atoms with van der Waals surface area (Å²) in [7, 11) is 0. The molecule has 0 saturated carbocycles. The van der Waals surface area contributed by atoms with Gasteiger partial charge < -0.3 is 19.4 Å². The van der Waals surface area contributed by atoms with Gasteiger partial charge in [0.2, 0.25) is 0 Å². The van der Waals surface area contributed by atoms with Crippen LogP contribution in [0.15, 0.2) is 21.3 Å². The fourth-order valence-electron chi connectivity index (χ4n) is 4.09. The maximum absolute atomic E-state index is 12.6. The maximum atomic E-state index is 12.6. The standard InChI is InChI=1S/C20H24N2O4/c1-11-6-16(19-12(2)13(3)20(24)26-17(19)7-11)25-10-18(23)22-8-14-4-5-21-15(14)9-22/h6-7,14-15,21H,4-5,8-10H2,1-3H3/t14-,15+/m0/s1. The van der Waals surface area contributed by atoms with Gasteiger partial charge in [-0.25, -0.2) is 4.79 Å². The third-order valence-electron chi connectivity index (χ3n) is 5.72. The molecular formula is C20H24N2O4. The topological polar surface area (TPSA) is 71.8 Å². The van der Waals surface area contributed by atoms with Crippen LogP contribution in [0.2, 0.25) is 0 Å². The Bertz CT molecular complexity index is 922. The second-order valence-corrected chi connectivity index (χ2v) is 7.47. The third kappa shape index (κ3) is 2.88. The van der Waals surface area contributed by atoms with Gasteiger partial charge in [-0.1, -0.05) is 0 Å². The highest BCUT2D eigenvalue weighted by molar-refractivity contribution is 5.88. The smallest absolute Gasteiger partial charge is 0.339 e. The van der Waals surface area contributed by atoms with Gasteiger partial charge in [-0.3, -0.25) is 4.79 Å². The molecule has 1 aromatic heterocycles. The van der Waals surface area contributed by atoms with Gasteiger partial charge in [-0.2, -0.15) is 0 Å². The molecule has 0 aliphatic carbocycles. The fourth-order valence-corrected chi connectivity index (χ4v) is 4.09. The molecule has 2 aliphatic rings. The van der Waals surface area contributed by atoms with E-state index in [1.165, 1.54) is 0 Å². The summed E-state index contributed by atoms with van der Waals surface area (Å²) in [6.45, 7) is 8.15. The van der Waals surface area contributed by atoms with Gasteiger partial charge in [0.05, 0.1) is 5.39 Å². The number of rotatable bonds is 3. The third-order valence-corrected chi connectivity index (χ3v) is 5.72. The molecule has 0 spiro atoms. The number of ether oxygens (including phenoxy) is 1. The number of likely N-dealkylation sites (tertiary alicyclic amines) is 1. The Balaban J connectivity index is 1.56. The van der Waals surface area contributed by atoms with Crippen molar-refractivity contribution in [3.05, 3.63) is 39.2 Å². The Hall–Kier alpha value is -2.34. The van der Waals surface area contributed by atoms with Crippen LogP contribution in [0.5, 0.6) is 5.75 Å². The first kappa shape index (κ1) is 17.1. The monoisotopic (exact) mass is 356 g/mol. The molecular weight excluding hydrogens is 332 g/mol. The van der Waals surface area contributed by atoms with E-state index in [-0.39, 0.29) is 18.1 Å². The summed E-state index contributed by atoms with van der Waals surface area (Å²) in [5.41, 5.74) is 2.49. The van der Waals surface area contributed by atoms with Gasteiger partial charge in [0.1, 0.15) is 11.3 Å². The molecule has 2 fully saturated rings. The van der Waals surface area contributed by atoms with Crippen LogP contribution < -0.4 is 15.7 Å². The molecule has 6 nitrogen and oxygen atoms in total. The molecule has 138 valence electrons. The molecule has 1 aromatic carbocycles. The van der Waals surface area contributed by atoms with E-state index in [2.05, 4.69) is 5.32 Å². The maximum Gasteiger partial charge on any atom is 0.339 e. The number of aryl methyl sites for hydroxylation is 2. The number of fused-ring (bicyclic) bond motifs is 2. The zero-order valence-corrected chi connectivity index (χ0v) is 15.4. The molecule has 2 saturated heterocycles. The summed E-state index contributed by atoms with van der Waals surface area (Å²) in [5, 5.41) is 4.22. The van der Waals surface area contributed by atoms with E-state index in [1.54, 1.807) is 6.92 Å². The number of amides is 1. The molecule has 0 unspecified atom stereocenters. The van der Waals surface area contributed by atoms with E-state index in [4.69, 9.17) is 9.15 Å². The molecule has 26 heavy (non-hydrogen) atoms. The van der Waals surface area contributed by atoms with Crippen LogP contribution in [0, 0.1) is 26.7 Å². The molecule has 0 bridgehead atoms. The van der Waals surface area contributed by atoms with E-state index >= 15 is 0 Å². The van der Waals surface area contributed by atoms with Crippen LogP contribution in [-0.2, 0) is 4.79 Å². The van der Waals surface area contributed by atoms with Crippen LogP contribution >= 0.6 is 0 Å². The predicted octanol–water partition coefficient (Wildman–Crippen LogP) is 1.92. The molecule has 4 rings (SSSR count). The highest BCUT2D eigenvalue weighted by Gasteiger charge is 2.37. The summed E-state index contributed by atoms with van der Waals surface area (Å²) in [5.74, 6) is 1.16. The summed E-state index contributed by atoms with van der Waals surface area (Å²) in [6.07, 6.45) is 1.13. The lowest BCUT2D eigenvalue weighted by atomic mass is 10.0. The average molecular weight is 356 g/mol. The highest BCUT2D eigenvalue weighted by atomic mass is 16.5. The van der Waals surface area contributed by atoms with Gasteiger partial charge >= 0.3 is 5.63 Å². The van der Waals surface area contributed by atoms with Crippen LogP contribution in [0.3, 0.4) is 0 Å². The number of nitrogens with one attached hydrogen (secondary N) is 1. The minimum Gasteiger partial charge on any atom is -0.483 e. The van der Waals surface area contributed by atoms with Crippen molar-refractivity contribution in [3.63, 3.8) is 0 Å². The predicted molar refractivity (Wildman–Crippen MR) is 98.7 cm³/mol. The van der Waals surface area contributed by atoms with Crippen molar-refractivity contribution in [2.24, 2.45) is 5.92 Å². The Morgan fingerprint density at radius 2 is 2.08 bits per heavy atom. The van der Waals surface area contributed by atoms with Crippen molar-refractivity contribution < 1.29 is 13.9 Å². The number of nitrogens with zero attached hydrogens (tertiary/aromatic N) is 1. The van der Waals surface area contributed by atoms with E-state index in [9.17, 15) is 9.59 Å². The average Bonchev–Trinajstić information content (AvgIpc) is 3.18. The number of benzene rings is 1. The molecule has 2 aliphatic heterocycles. The molecule has 2 aromatic rings. The van der Waals surface area contributed by atoms with Gasteiger partial charge in [0, 0.05) is 24.7 Å². The molecule has 6 heteroatoms. The summed E-state index contributed by atoms with van der Waals surface area (Å²) in [4.78, 5) is 26.4. The zero-order valence-electron chi connectivity index (χ0n) is 15.4. The highest BCUT2D eigenvalue weighted by Crippen LogP contribution is 2.31. The van der Waals surface area contributed by atoms with E-state index in [0.717, 1.165) is 42.6 Å². The first-order chi connectivity index (χ1) is 12.4. The van der Waals surface area contributed by atoms with Crippen LogP contribution in [0.1, 0.15) is 23.1 Å². The minimum absolute atomic E-state index is 0.00242. The van der Waals surface area contributed by atoms with Gasteiger partial charge in [0.15, 0.2) is 6.61 Å². The first-order valence-electron chi connectivity index (χ1n) is 9.12. The molecule has 2 atom stereocenters. The van der Waals surface area contributed by atoms with Crippen molar-refractivity contribution >= 4 is 16.9 Å². The van der Waals surface area contributed by atoms with E-state index in [1.807, 2.05) is 30.9 Å². The van der Waals surface area contributed by atoms with Crippen molar-refractivity contribution in [2.75, 3.05) is 26.2 Å². The lowest BCUT2D eigenvalue weighted by Crippen LogP contribution is -2.36. The van der Waals surface area contributed by atoms with Crippen molar-refractivity contribution in [1.82, 2.24) is 10.2 Å². The van der Waals surface area contributed by atoms with Gasteiger partial charge in [0.25, 0.3) is 5.91 Å². The zero-order chi connectivity index (χ0) is 18.4. The Morgan fingerprint density at radius 3 is 2.85 bits per heavy atom. The minimum atomic E-state index is -0.335. The van der Waals surface area contributed by atoms with Crippen LogP contribution in [0.4, 0.5) is 0 Å².